The lowest BCUT2D eigenvalue weighted by molar-refractivity contribution is 0.0974. The van der Waals surface area contributed by atoms with Gasteiger partial charge in [0.05, 0.1) is 5.76 Å². The summed E-state index contributed by atoms with van der Waals surface area (Å²) in [5, 5.41) is 0. The van der Waals surface area contributed by atoms with E-state index in [0.29, 0.717) is 0 Å². The fourth-order valence-electron chi connectivity index (χ4n) is 2.48. The Morgan fingerprint density at radius 3 is 2.61 bits per heavy atom. The minimum absolute atomic E-state index is 0.276. The second-order valence-corrected chi connectivity index (χ2v) is 5.09. The first-order valence-electron chi connectivity index (χ1n) is 7.31. The van der Waals surface area contributed by atoms with Crippen molar-refractivity contribution in [3.05, 3.63) is 41.2 Å². The van der Waals surface area contributed by atoms with Gasteiger partial charge in [-0.2, -0.15) is 0 Å². The quantitative estimate of drug-likeness (QED) is 0.644. The second-order valence-electron chi connectivity index (χ2n) is 5.09. The maximum Gasteiger partial charge on any atom is 0.124 e. The van der Waals surface area contributed by atoms with Crippen molar-refractivity contribution in [1.82, 2.24) is 0 Å². The van der Waals surface area contributed by atoms with Crippen LogP contribution in [-0.4, -0.2) is 0 Å². The van der Waals surface area contributed by atoms with E-state index < -0.39 is 0 Å². The molecule has 1 aliphatic rings. The average molecular weight is 244 g/mol. The summed E-state index contributed by atoms with van der Waals surface area (Å²) >= 11 is 0. The highest BCUT2D eigenvalue weighted by molar-refractivity contribution is 5.58. The topological polar surface area (TPSA) is 9.23 Å². The molecular formula is C17H24O. The Morgan fingerprint density at radius 2 is 1.83 bits per heavy atom. The fraction of sp³-hybridized carbons (Fsp3) is 0.529. The van der Waals surface area contributed by atoms with Crippen molar-refractivity contribution in [1.29, 1.82) is 0 Å². The van der Waals surface area contributed by atoms with E-state index in [0.717, 1.165) is 12.8 Å². The molecule has 0 aliphatic carbocycles. The number of unbranched alkanes of at least 4 members (excludes halogenated alkanes) is 2. The SMILES string of the molecule is CCCCC1=Cc2ccccc2C(CCCC)O1. The zero-order valence-corrected chi connectivity index (χ0v) is 11.6. The summed E-state index contributed by atoms with van der Waals surface area (Å²) in [7, 11) is 0. The van der Waals surface area contributed by atoms with Gasteiger partial charge in [-0.25, -0.2) is 0 Å². The summed E-state index contributed by atoms with van der Waals surface area (Å²) in [5.74, 6) is 1.18. The Kier molecular flexibility index (Phi) is 4.86. The molecule has 0 N–H and O–H groups in total. The van der Waals surface area contributed by atoms with Crippen molar-refractivity contribution in [2.24, 2.45) is 0 Å². The molecule has 0 saturated heterocycles. The molecule has 0 amide bonds. The van der Waals surface area contributed by atoms with Gasteiger partial charge in [-0.1, -0.05) is 51.0 Å². The van der Waals surface area contributed by atoms with E-state index in [1.54, 1.807) is 0 Å². The van der Waals surface area contributed by atoms with Crippen molar-refractivity contribution < 1.29 is 4.74 Å². The normalized spacial score (nSPS) is 17.9. The molecule has 1 heterocycles. The molecule has 0 fully saturated rings. The highest BCUT2D eigenvalue weighted by Crippen LogP contribution is 2.35. The zero-order valence-electron chi connectivity index (χ0n) is 11.6. The van der Waals surface area contributed by atoms with Crippen LogP contribution in [0.15, 0.2) is 30.0 Å². The van der Waals surface area contributed by atoms with Crippen LogP contribution in [0.5, 0.6) is 0 Å². The number of fused-ring (bicyclic) bond motifs is 1. The van der Waals surface area contributed by atoms with Crippen LogP contribution >= 0.6 is 0 Å². The lowest BCUT2D eigenvalue weighted by atomic mass is 9.95. The van der Waals surface area contributed by atoms with Crippen LogP contribution in [0.4, 0.5) is 0 Å². The Labute approximate surface area is 111 Å². The summed E-state index contributed by atoms with van der Waals surface area (Å²) in [6.07, 6.45) is 9.63. The summed E-state index contributed by atoms with van der Waals surface area (Å²) in [5.41, 5.74) is 2.72. The van der Waals surface area contributed by atoms with Crippen molar-refractivity contribution in [3.63, 3.8) is 0 Å². The molecule has 0 aromatic heterocycles. The molecule has 0 saturated carbocycles. The molecule has 0 radical (unpaired) electrons. The largest absolute Gasteiger partial charge is 0.490 e. The van der Waals surface area contributed by atoms with Gasteiger partial charge in [-0.15, -0.1) is 0 Å². The maximum atomic E-state index is 6.18. The van der Waals surface area contributed by atoms with E-state index >= 15 is 0 Å². The monoisotopic (exact) mass is 244 g/mol. The molecule has 0 spiro atoms. The van der Waals surface area contributed by atoms with Crippen LogP contribution < -0.4 is 0 Å². The molecule has 1 atom stereocenters. The van der Waals surface area contributed by atoms with Gasteiger partial charge in [0.25, 0.3) is 0 Å². The molecule has 1 heteroatoms. The summed E-state index contributed by atoms with van der Waals surface area (Å²) in [4.78, 5) is 0. The molecule has 1 aromatic rings. The first kappa shape index (κ1) is 13.2. The molecule has 1 unspecified atom stereocenters. The number of hydrogen-bond donors (Lipinski definition) is 0. The van der Waals surface area contributed by atoms with Crippen molar-refractivity contribution in [3.8, 4) is 0 Å². The molecule has 1 aromatic carbocycles. The van der Waals surface area contributed by atoms with Crippen LogP contribution in [-0.2, 0) is 4.74 Å². The van der Waals surface area contributed by atoms with Crippen LogP contribution in [0.2, 0.25) is 0 Å². The summed E-state index contributed by atoms with van der Waals surface area (Å²) in [6.45, 7) is 4.47. The molecule has 1 aliphatic heterocycles. The fourth-order valence-corrected chi connectivity index (χ4v) is 2.48. The summed E-state index contributed by atoms with van der Waals surface area (Å²) in [6, 6.07) is 8.66. The third-order valence-corrected chi connectivity index (χ3v) is 3.55. The molecule has 98 valence electrons. The molecule has 1 nitrogen and oxygen atoms in total. The first-order chi connectivity index (χ1) is 8.85. The zero-order chi connectivity index (χ0) is 12.8. The predicted octanol–water partition coefficient (Wildman–Crippen LogP) is 5.48. The first-order valence-corrected chi connectivity index (χ1v) is 7.31. The van der Waals surface area contributed by atoms with Crippen LogP contribution in [0.3, 0.4) is 0 Å². The number of benzene rings is 1. The highest BCUT2D eigenvalue weighted by atomic mass is 16.5. The van der Waals surface area contributed by atoms with Crippen molar-refractivity contribution in [2.75, 3.05) is 0 Å². The van der Waals surface area contributed by atoms with Crippen LogP contribution in [0.1, 0.15) is 69.6 Å². The standard InChI is InChI=1S/C17H24O/c1-3-5-10-15-13-14-9-7-8-11-16(14)17(18-15)12-6-4-2/h7-9,11,13,17H,3-6,10,12H2,1-2H3. The van der Waals surface area contributed by atoms with Gasteiger partial charge in [-0.3, -0.25) is 0 Å². The lowest BCUT2D eigenvalue weighted by Gasteiger charge is -2.27. The van der Waals surface area contributed by atoms with Gasteiger partial charge in [0.1, 0.15) is 6.10 Å². The van der Waals surface area contributed by atoms with Gasteiger partial charge >= 0.3 is 0 Å². The predicted molar refractivity (Wildman–Crippen MR) is 77.3 cm³/mol. The smallest absolute Gasteiger partial charge is 0.124 e. The van der Waals surface area contributed by atoms with Crippen molar-refractivity contribution >= 4 is 6.08 Å². The average Bonchev–Trinajstić information content (AvgIpc) is 2.42. The third kappa shape index (κ3) is 3.16. The third-order valence-electron chi connectivity index (χ3n) is 3.55. The number of rotatable bonds is 6. The molecular weight excluding hydrogens is 220 g/mol. The number of allylic oxidation sites excluding steroid dienone is 1. The van der Waals surface area contributed by atoms with E-state index in [1.165, 1.54) is 42.6 Å². The molecule has 0 bridgehead atoms. The Morgan fingerprint density at radius 1 is 1.06 bits per heavy atom. The minimum Gasteiger partial charge on any atom is -0.490 e. The Hall–Kier alpha value is -1.24. The second kappa shape index (κ2) is 6.63. The van der Waals surface area contributed by atoms with E-state index in [9.17, 15) is 0 Å². The maximum absolute atomic E-state index is 6.18. The Balaban J connectivity index is 2.16. The Bertz CT molecular complexity index is 406. The van der Waals surface area contributed by atoms with Crippen molar-refractivity contribution in [2.45, 2.75) is 58.5 Å². The lowest BCUT2D eigenvalue weighted by Crippen LogP contribution is -2.10. The highest BCUT2D eigenvalue weighted by Gasteiger charge is 2.21. The minimum atomic E-state index is 0.276. The molecule has 2 rings (SSSR count). The van der Waals surface area contributed by atoms with E-state index in [4.69, 9.17) is 4.74 Å². The molecule has 18 heavy (non-hydrogen) atoms. The van der Waals surface area contributed by atoms with Gasteiger partial charge in [-0.05, 0) is 36.5 Å². The van der Waals surface area contributed by atoms with Gasteiger partial charge < -0.3 is 4.74 Å². The van der Waals surface area contributed by atoms with Gasteiger partial charge in [0, 0.05) is 6.42 Å². The van der Waals surface area contributed by atoms with E-state index in [1.807, 2.05) is 0 Å². The van der Waals surface area contributed by atoms with E-state index in [2.05, 4.69) is 44.2 Å². The number of ether oxygens (including phenoxy) is 1. The summed E-state index contributed by atoms with van der Waals surface area (Å²) < 4.78 is 6.18. The van der Waals surface area contributed by atoms with Gasteiger partial charge in [0.15, 0.2) is 0 Å². The number of hydrogen-bond acceptors (Lipinski definition) is 1. The van der Waals surface area contributed by atoms with E-state index in [-0.39, 0.29) is 6.10 Å². The van der Waals surface area contributed by atoms with Crippen LogP contribution in [0.25, 0.3) is 6.08 Å². The van der Waals surface area contributed by atoms with Gasteiger partial charge in [0.2, 0.25) is 0 Å². The van der Waals surface area contributed by atoms with Crippen LogP contribution in [0, 0.1) is 0 Å².